The molecule has 0 bridgehead atoms. The number of methoxy groups -OCH3 is 1. The summed E-state index contributed by atoms with van der Waals surface area (Å²) < 4.78 is 31.9. The summed E-state index contributed by atoms with van der Waals surface area (Å²) in [5.41, 5.74) is 7.06. The standard InChI is InChI=1S/C17H18N2O4S/c1-11-3-9-14(10-4-11)24(21,22)19-15(16(19)17(18)20)12-5-7-13(23-2)8-6-12/h3-10,15-16H,1-2H3,(H2,18,20)/t15-,16+,19?/m1/s1. The number of aryl methyl sites for hydroxylation is 1. The molecule has 126 valence electrons. The van der Waals surface area contributed by atoms with E-state index < -0.39 is 28.0 Å². The second-order valence-electron chi connectivity index (χ2n) is 5.71. The van der Waals surface area contributed by atoms with Crippen molar-refractivity contribution < 1.29 is 17.9 Å². The highest BCUT2D eigenvalue weighted by molar-refractivity contribution is 7.89. The highest BCUT2D eigenvalue weighted by Crippen LogP contribution is 2.47. The molecule has 7 heteroatoms. The van der Waals surface area contributed by atoms with E-state index in [1.165, 1.54) is 12.1 Å². The third kappa shape index (κ3) is 2.76. The van der Waals surface area contributed by atoms with Crippen molar-refractivity contribution in [2.45, 2.75) is 23.9 Å². The van der Waals surface area contributed by atoms with Gasteiger partial charge in [-0.15, -0.1) is 0 Å². The van der Waals surface area contributed by atoms with Gasteiger partial charge in [0.15, 0.2) is 0 Å². The second kappa shape index (κ2) is 5.92. The zero-order valence-corrected chi connectivity index (χ0v) is 14.2. The monoisotopic (exact) mass is 346 g/mol. The summed E-state index contributed by atoms with van der Waals surface area (Å²) in [7, 11) is -2.24. The van der Waals surface area contributed by atoms with Gasteiger partial charge >= 0.3 is 0 Å². The van der Waals surface area contributed by atoms with Crippen molar-refractivity contribution in [1.29, 1.82) is 0 Å². The average Bonchev–Trinajstić information content (AvgIpc) is 3.32. The van der Waals surface area contributed by atoms with Gasteiger partial charge in [0.1, 0.15) is 11.8 Å². The van der Waals surface area contributed by atoms with Gasteiger partial charge in [0.2, 0.25) is 15.9 Å². The number of primary amides is 1. The van der Waals surface area contributed by atoms with E-state index in [1.54, 1.807) is 43.5 Å². The molecule has 24 heavy (non-hydrogen) atoms. The molecule has 1 fully saturated rings. The molecule has 0 saturated carbocycles. The summed E-state index contributed by atoms with van der Waals surface area (Å²) >= 11 is 0. The third-order valence-electron chi connectivity index (χ3n) is 4.10. The Morgan fingerprint density at radius 2 is 1.67 bits per heavy atom. The number of benzene rings is 2. The summed E-state index contributed by atoms with van der Waals surface area (Å²) in [6.07, 6.45) is 0. The first-order valence-electron chi connectivity index (χ1n) is 7.40. The minimum absolute atomic E-state index is 0.148. The van der Waals surface area contributed by atoms with Gasteiger partial charge in [0.05, 0.1) is 18.0 Å². The summed E-state index contributed by atoms with van der Waals surface area (Å²) in [6.45, 7) is 1.88. The van der Waals surface area contributed by atoms with Crippen molar-refractivity contribution in [2.75, 3.05) is 7.11 Å². The lowest BCUT2D eigenvalue weighted by Crippen LogP contribution is -2.24. The summed E-state index contributed by atoms with van der Waals surface area (Å²) in [5.74, 6) is -0.00512. The molecule has 0 spiro atoms. The number of ether oxygens (including phenoxy) is 1. The minimum atomic E-state index is -3.79. The fourth-order valence-corrected chi connectivity index (χ4v) is 4.48. The van der Waals surface area contributed by atoms with E-state index in [4.69, 9.17) is 10.5 Å². The van der Waals surface area contributed by atoms with E-state index in [-0.39, 0.29) is 4.90 Å². The van der Waals surface area contributed by atoms with Crippen molar-refractivity contribution in [1.82, 2.24) is 4.31 Å². The van der Waals surface area contributed by atoms with Crippen LogP contribution in [0.15, 0.2) is 53.4 Å². The number of amides is 1. The predicted octanol–water partition coefficient (Wildman–Crippen LogP) is 1.60. The molecule has 2 N–H and O–H groups in total. The van der Waals surface area contributed by atoms with Crippen molar-refractivity contribution in [2.24, 2.45) is 5.73 Å². The molecule has 0 radical (unpaired) electrons. The topological polar surface area (TPSA) is 89.5 Å². The SMILES string of the molecule is COc1ccc([C@@H]2[C@@H](C(N)=O)N2S(=O)(=O)c2ccc(C)cc2)cc1. The molecule has 1 aliphatic rings. The Bertz CT molecular complexity index is 860. The lowest BCUT2D eigenvalue weighted by atomic mass is 10.1. The van der Waals surface area contributed by atoms with Crippen LogP contribution in [0.5, 0.6) is 5.75 Å². The fourth-order valence-electron chi connectivity index (χ4n) is 2.75. The van der Waals surface area contributed by atoms with Crippen LogP contribution in [0.2, 0.25) is 0 Å². The minimum Gasteiger partial charge on any atom is -0.497 e. The Kier molecular flexibility index (Phi) is 4.06. The van der Waals surface area contributed by atoms with E-state index in [1.807, 2.05) is 6.92 Å². The zero-order chi connectivity index (χ0) is 17.5. The Balaban J connectivity index is 1.96. The van der Waals surface area contributed by atoms with Crippen LogP contribution in [0.4, 0.5) is 0 Å². The van der Waals surface area contributed by atoms with Gasteiger partial charge in [-0.3, -0.25) is 4.79 Å². The number of sulfonamides is 1. The molecule has 2 aromatic carbocycles. The normalized spacial score (nSPS) is 22.8. The first-order valence-corrected chi connectivity index (χ1v) is 8.84. The Morgan fingerprint density at radius 1 is 1.08 bits per heavy atom. The van der Waals surface area contributed by atoms with Gasteiger partial charge in [-0.05, 0) is 36.8 Å². The van der Waals surface area contributed by atoms with Crippen LogP contribution in [-0.2, 0) is 14.8 Å². The lowest BCUT2D eigenvalue weighted by molar-refractivity contribution is -0.118. The van der Waals surface area contributed by atoms with Crippen LogP contribution in [0.3, 0.4) is 0 Å². The van der Waals surface area contributed by atoms with E-state index in [9.17, 15) is 13.2 Å². The largest absolute Gasteiger partial charge is 0.497 e. The number of hydrogen-bond donors (Lipinski definition) is 1. The first kappa shape index (κ1) is 16.5. The molecule has 1 unspecified atom stereocenters. The quantitative estimate of drug-likeness (QED) is 0.833. The van der Waals surface area contributed by atoms with E-state index in [2.05, 4.69) is 0 Å². The molecule has 3 atom stereocenters. The van der Waals surface area contributed by atoms with Gasteiger partial charge in [-0.25, -0.2) is 8.42 Å². The molecule has 2 aromatic rings. The van der Waals surface area contributed by atoms with E-state index >= 15 is 0 Å². The Morgan fingerprint density at radius 3 is 2.17 bits per heavy atom. The summed E-state index contributed by atoms with van der Waals surface area (Å²) in [5, 5.41) is 0. The van der Waals surface area contributed by atoms with Crippen molar-refractivity contribution >= 4 is 15.9 Å². The Labute approximate surface area is 140 Å². The maximum absolute atomic E-state index is 12.8. The molecule has 3 rings (SSSR count). The van der Waals surface area contributed by atoms with Crippen LogP contribution in [0.1, 0.15) is 17.2 Å². The van der Waals surface area contributed by atoms with Gasteiger partial charge in [-0.1, -0.05) is 29.8 Å². The Hall–Kier alpha value is -2.38. The maximum atomic E-state index is 12.8. The van der Waals surface area contributed by atoms with Crippen molar-refractivity contribution in [3.63, 3.8) is 0 Å². The average molecular weight is 346 g/mol. The predicted molar refractivity (Wildman–Crippen MR) is 88.9 cm³/mol. The van der Waals surface area contributed by atoms with Crippen LogP contribution in [-0.4, -0.2) is 31.8 Å². The number of rotatable bonds is 5. The van der Waals surface area contributed by atoms with Crippen LogP contribution in [0.25, 0.3) is 0 Å². The van der Waals surface area contributed by atoms with E-state index in [0.717, 1.165) is 9.87 Å². The smallest absolute Gasteiger partial charge is 0.244 e. The lowest BCUT2D eigenvalue weighted by Gasteiger charge is -2.07. The molecule has 1 amide bonds. The van der Waals surface area contributed by atoms with Crippen LogP contribution < -0.4 is 10.5 Å². The number of carbonyl (C=O) groups is 1. The maximum Gasteiger partial charge on any atom is 0.244 e. The van der Waals surface area contributed by atoms with Crippen molar-refractivity contribution in [3.8, 4) is 5.75 Å². The number of carbonyl (C=O) groups excluding carboxylic acids is 1. The number of nitrogens with zero attached hydrogens (tertiary/aromatic N) is 1. The molecule has 1 saturated heterocycles. The fraction of sp³-hybridized carbons (Fsp3) is 0.235. The van der Waals surface area contributed by atoms with Crippen LogP contribution in [0, 0.1) is 6.92 Å². The first-order chi connectivity index (χ1) is 11.4. The molecular formula is C17H18N2O4S. The van der Waals surface area contributed by atoms with Gasteiger partial charge in [0, 0.05) is 0 Å². The summed E-state index contributed by atoms with van der Waals surface area (Å²) in [6, 6.07) is 12.0. The second-order valence-corrected chi connectivity index (χ2v) is 7.56. The van der Waals surface area contributed by atoms with Gasteiger partial charge < -0.3 is 10.5 Å². The third-order valence-corrected chi connectivity index (χ3v) is 5.98. The summed E-state index contributed by atoms with van der Waals surface area (Å²) in [4.78, 5) is 11.9. The molecule has 1 heterocycles. The zero-order valence-electron chi connectivity index (χ0n) is 13.3. The number of nitrogens with two attached hydrogens (primary N) is 1. The van der Waals surface area contributed by atoms with E-state index in [0.29, 0.717) is 11.3 Å². The molecule has 1 aliphatic heterocycles. The van der Waals surface area contributed by atoms with Crippen LogP contribution >= 0.6 is 0 Å². The number of hydrogen-bond acceptors (Lipinski definition) is 4. The molecule has 0 aromatic heterocycles. The highest BCUT2D eigenvalue weighted by atomic mass is 32.2. The molecule has 0 aliphatic carbocycles. The van der Waals surface area contributed by atoms with Gasteiger partial charge in [0.25, 0.3) is 0 Å². The van der Waals surface area contributed by atoms with Gasteiger partial charge in [-0.2, -0.15) is 4.31 Å². The molecular weight excluding hydrogens is 328 g/mol. The highest BCUT2D eigenvalue weighted by Gasteiger charge is 2.59. The molecule has 6 nitrogen and oxygen atoms in total. The van der Waals surface area contributed by atoms with Crippen molar-refractivity contribution in [3.05, 3.63) is 59.7 Å².